The lowest BCUT2D eigenvalue weighted by Crippen LogP contribution is -2.47. The zero-order valence-corrected chi connectivity index (χ0v) is 11.3. The summed E-state index contributed by atoms with van der Waals surface area (Å²) in [4.78, 5) is 24.9. The van der Waals surface area contributed by atoms with E-state index in [1.165, 1.54) is 7.11 Å². The van der Waals surface area contributed by atoms with Gasteiger partial charge < -0.3 is 20.7 Å². The number of ether oxygens (including phenoxy) is 1. The number of hydrogen-bond acceptors (Lipinski definition) is 4. The minimum absolute atomic E-state index is 0.0292. The molecule has 1 fully saturated rings. The summed E-state index contributed by atoms with van der Waals surface area (Å²) in [5.41, 5.74) is 5.92. The number of carbonyl (C=O) groups is 2. The normalized spacial score (nSPS) is 22.4. The van der Waals surface area contributed by atoms with Crippen molar-refractivity contribution >= 4 is 12.0 Å². The summed E-state index contributed by atoms with van der Waals surface area (Å²) in [5, 5.41) is 2.70. The van der Waals surface area contributed by atoms with E-state index in [4.69, 9.17) is 5.73 Å². The molecule has 0 saturated carbocycles. The van der Waals surface area contributed by atoms with Crippen LogP contribution in [0.4, 0.5) is 4.79 Å². The van der Waals surface area contributed by atoms with Crippen LogP contribution in [0, 0.1) is 5.92 Å². The molecule has 0 radical (unpaired) electrons. The molecule has 0 aromatic rings. The van der Waals surface area contributed by atoms with Crippen LogP contribution in [0.3, 0.4) is 0 Å². The molecule has 1 unspecified atom stereocenters. The van der Waals surface area contributed by atoms with Crippen LogP contribution in [0.1, 0.15) is 26.7 Å². The predicted octanol–water partition coefficient (Wildman–Crippen LogP) is 0.317. The van der Waals surface area contributed by atoms with Gasteiger partial charge in [0.25, 0.3) is 0 Å². The second kappa shape index (κ2) is 6.58. The third kappa shape index (κ3) is 3.60. The van der Waals surface area contributed by atoms with Gasteiger partial charge in [-0.15, -0.1) is 0 Å². The first-order valence-electron chi connectivity index (χ1n) is 6.38. The summed E-state index contributed by atoms with van der Waals surface area (Å²) in [6.45, 7) is 5.14. The molecule has 1 heterocycles. The van der Waals surface area contributed by atoms with Gasteiger partial charge in [0.15, 0.2) is 0 Å². The lowest BCUT2D eigenvalue weighted by Gasteiger charge is -2.24. The second-order valence-electron chi connectivity index (χ2n) is 4.82. The van der Waals surface area contributed by atoms with Crippen LogP contribution in [-0.4, -0.2) is 49.2 Å². The average Bonchev–Trinajstić information content (AvgIpc) is 2.84. The van der Waals surface area contributed by atoms with Crippen molar-refractivity contribution in [3.63, 3.8) is 0 Å². The van der Waals surface area contributed by atoms with Crippen LogP contribution in [-0.2, 0) is 9.53 Å². The van der Waals surface area contributed by atoms with Gasteiger partial charge in [0.2, 0.25) is 5.91 Å². The Kier molecular flexibility index (Phi) is 5.40. The monoisotopic (exact) mass is 257 g/mol. The van der Waals surface area contributed by atoms with Crippen LogP contribution in [0.2, 0.25) is 0 Å². The number of hydrogen-bond donors (Lipinski definition) is 2. The van der Waals surface area contributed by atoms with Crippen molar-refractivity contribution in [1.29, 1.82) is 0 Å². The van der Waals surface area contributed by atoms with E-state index < -0.39 is 12.1 Å². The number of rotatable bonds is 4. The smallest absolute Gasteiger partial charge is 0.407 e. The Morgan fingerprint density at radius 3 is 2.78 bits per heavy atom. The molecule has 1 aliphatic rings. The maximum Gasteiger partial charge on any atom is 0.407 e. The summed E-state index contributed by atoms with van der Waals surface area (Å²) in [6.07, 6.45) is 1.17. The standard InChI is InChI=1S/C12H23N3O3/c1-4-8(2)10(13)11(16)15-6-5-9(7-15)14-12(17)18-3/h8-10H,4-7,13H2,1-3H3,(H,14,17)/t8-,9?,10-/m0/s1. The fourth-order valence-electron chi connectivity index (χ4n) is 2.01. The van der Waals surface area contributed by atoms with Crippen molar-refractivity contribution in [2.45, 2.75) is 38.8 Å². The van der Waals surface area contributed by atoms with E-state index in [0.29, 0.717) is 13.1 Å². The van der Waals surface area contributed by atoms with E-state index in [2.05, 4.69) is 10.1 Å². The zero-order chi connectivity index (χ0) is 13.7. The van der Waals surface area contributed by atoms with E-state index >= 15 is 0 Å². The van der Waals surface area contributed by atoms with E-state index in [0.717, 1.165) is 12.8 Å². The number of amides is 2. The molecule has 18 heavy (non-hydrogen) atoms. The lowest BCUT2D eigenvalue weighted by molar-refractivity contribution is -0.132. The second-order valence-corrected chi connectivity index (χ2v) is 4.82. The molecular formula is C12H23N3O3. The fraction of sp³-hybridized carbons (Fsp3) is 0.833. The van der Waals surface area contributed by atoms with Crippen LogP contribution < -0.4 is 11.1 Å². The Labute approximate surface area is 108 Å². The highest BCUT2D eigenvalue weighted by Gasteiger charge is 2.31. The SMILES string of the molecule is CC[C@H](C)[C@H](N)C(=O)N1CCC(NC(=O)OC)C1. The third-order valence-electron chi connectivity index (χ3n) is 3.55. The van der Waals surface area contributed by atoms with Gasteiger partial charge >= 0.3 is 6.09 Å². The van der Waals surface area contributed by atoms with Gasteiger partial charge in [0.05, 0.1) is 19.2 Å². The van der Waals surface area contributed by atoms with Gasteiger partial charge in [-0.05, 0) is 12.3 Å². The topological polar surface area (TPSA) is 84.7 Å². The number of nitrogens with zero attached hydrogens (tertiary/aromatic N) is 1. The highest BCUT2D eigenvalue weighted by atomic mass is 16.5. The fourth-order valence-corrected chi connectivity index (χ4v) is 2.01. The minimum atomic E-state index is -0.458. The lowest BCUT2D eigenvalue weighted by atomic mass is 9.99. The van der Waals surface area contributed by atoms with Crippen LogP contribution in [0.25, 0.3) is 0 Å². The molecular weight excluding hydrogens is 234 g/mol. The molecule has 2 amide bonds. The average molecular weight is 257 g/mol. The molecule has 1 rings (SSSR count). The molecule has 6 heteroatoms. The van der Waals surface area contributed by atoms with Crippen LogP contribution in [0.5, 0.6) is 0 Å². The maximum absolute atomic E-state index is 12.1. The Morgan fingerprint density at radius 2 is 2.22 bits per heavy atom. The van der Waals surface area contributed by atoms with E-state index in [1.807, 2.05) is 13.8 Å². The van der Waals surface area contributed by atoms with E-state index in [-0.39, 0.29) is 17.9 Å². The first-order valence-corrected chi connectivity index (χ1v) is 6.38. The Bertz CT molecular complexity index is 309. The Morgan fingerprint density at radius 1 is 1.56 bits per heavy atom. The minimum Gasteiger partial charge on any atom is -0.453 e. The van der Waals surface area contributed by atoms with Crippen LogP contribution in [0.15, 0.2) is 0 Å². The maximum atomic E-state index is 12.1. The van der Waals surface area contributed by atoms with Crippen LogP contribution >= 0.6 is 0 Å². The zero-order valence-electron chi connectivity index (χ0n) is 11.3. The number of likely N-dealkylation sites (tertiary alicyclic amines) is 1. The van der Waals surface area contributed by atoms with Gasteiger partial charge in [-0.2, -0.15) is 0 Å². The van der Waals surface area contributed by atoms with Crippen molar-refractivity contribution < 1.29 is 14.3 Å². The molecule has 0 bridgehead atoms. The molecule has 0 aromatic carbocycles. The number of alkyl carbamates (subject to hydrolysis) is 1. The number of methoxy groups -OCH3 is 1. The van der Waals surface area contributed by atoms with Gasteiger partial charge in [-0.3, -0.25) is 4.79 Å². The first kappa shape index (κ1) is 14.8. The largest absolute Gasteiger partial charge is 0.453 e. The molecule has 3 N–H and O–H groups in total. The molecule has 1 saturated heterocycles. The quantitative estimate of drug-likeness (QED) is 0.759. The highest BCUT2D eigenvalue weighted by Crippen LogP contribution is 2.14. The van der Waals surface area contributed by atoms with Gasteiger partial charge in [0.1, 0.15) is 0 Å². The summed E-state index contributed by atoms with van der Waals surface area (Å²) < 4.78 is 4.53. The summed E-state index contributed by atoms with van der Waals surface area (Å²) in [6, 6.07) is -0.489. The Balaban J connectivity index is 2.46. The first-order chi connectivity index (χ1) is 8.49. The van der Waals surface area contributed by atoms with Crippen molar-refractivity contribution in [3.8, 4) is 0 Å². The molecule has 0 aromatic heterocycles. The van der Waals surface area contributed by atoms with Gasteiger partial charge in [-0.25, -0.2) is 4.79 Å². The van der Waals surface area contributed by atoms with E-state index in [9.17, 15) is 9.59 Å². The van der Waals surface area contributed by atoms with Gasteiger partial charge in [-0.1, -0.05) is 20.3 Å². The number of nitrogens with two attached hydrogens (primary N) is 1. The van der Waals surface area contributed by atoms with Gasteiger partial charge in [0, 0.05) is 13.1 Å². The highest BCUT2D eigenvalue weighted by molar-refractivity contribution is 5.82. The van der Waals surface area contributed by atoms with E-state index in [1.54, 1.807) is 4.90 Å². The summed E-state index contributed by atoms with van der Waals surface area (Å²) in [5.74, 6) is 0.142. The molecule has 0 spiro atoms. The third-order valence-corrected chi connectivity index (χ3v) is 3.55. The summed E-state index contributed by atoms with van der Waals surface area (Å²) >= 11 is 0. The molecule has 104 valence electrons. The number of nitrogens with one attached hydrogen (secondary N) is 1. The number of carbonyl (C=O) groups excluding carboxylic acids is 2. The predicted molar refractivity (Wildman–Crippen MR) is 68.0 cm³/mol. The molecule has 3 atom stereocenters. The van der Waals surface area contributed by atoms with Crippen molar-refractivity contribution in [1.82, 2.24) is 10.2 Å². The Hall–Kier alpha value is -1.30. The van der Waals surface area contributed by atoms with Crippen molar-refractivity contribution in [3.05, 3.63) is 0 Å². The molecule has 6 nitrogen and oxygen atoms in total. The summed E-state index contributed by atoms with van der Waals surface area (Å²) in [7, 11) is 1.33. The van der Waals surface area contributed by atoms with Crippen molar-refractivity contribution in [2.24, 2.45) is 11.7 Å². The van der Waals surface area contributed by atoms with Crippen molar-refractivity contribution in [2.75, 3.05) is 20.2 Å². The molecule has 0 aliphatic carbocycles. The molecule has 1 aliphatic heterocycles.